The van der Waals surface area contributed by atoms with E-state index < -0.39 is 0 Å². The molecule has 1 heterocycles. The van der Waals surface area contributed by atoms with Gasteiger partial charge >= 0.3 is 6.01 Å². The third kappa shape index (κ3) is 1.95. The third-order valence-electron chi connectivity index (χ3n) is 3.22. The van der Waals surface area contributed by atoms with E-state index in [9.17, 15) is 4.79 Å². The number of nitrogens with zero attached hydrogens (tertiary/aromatic N) is 2. The molecule has 0 N–H and O–H groups in total. The molecule has 0 atom stereocenters. The number of hydrogen-bond acceptors (Lipinski definition) is 3. The zero-order valence-electron chi connectivity index (χ0n) is 11.3. The van der Waals surface area contributed by atoms with Gasteiger partial charge in [-0.2, -0.15) is 4.98 Å². The standard InChI is InChI=1S/C16H14N2O2/c1-11-7-9-12(10-8-11)18-15(19)13-5-3-4-6-14(13)17-16(18)20-2/h3-10H,1-2H3. The maximum absolute atomic E-state index is 12.6. The van der Waals surface area contributed by atoms with Crippen molar-refractivity contribution in [2.45, 2.75) is 6.92 Å². The summed E-state index contributed by atoms with van der Waals surface area (Å²) in [6, 6.07) is 15.2. The maximum Gasteiger partial charge on any atom is 0.304 e. The Kier molecular flexibility index (Phi) is 2.99. The predicted octanol–water partition coefficient (Wildman–Crippen LogP) is 2.70. The van der Waals surface area contributed by atoms with E-state index in [0.717, 1.165) is 11.3 Å². The second kappa shape index (κ2) is 4.81. The van der Waals surface area contributed by atoms with Crippen LogP contribution in [0.3, 0.4) is 0 Å². The zero-order valence-corrected chi connectivity index (χ0v) is 11.3. The molecule has 0 bridgehead atoms. The summed E-state index contributed by atoms with van der Waals surface area (Å²) in [6.07, 6.45) is 0. The molecule has 0 amide bonds. The van der Waals surface area contributed by atoms with Gasteiger partial charge in [0.15, 0.2) is 0 Å². The Morgan fingerprint density at radius 2 is 1.75 bits per heavy atom. The molecule has 0 saturated heterocycles. The van der Waals surface area contributed by atoms with Gasteiger partial charge in [0, 0.05) is 0 Å². The first-order valence-corrected chi connectivity index (χ1v) is 6.33. The molecule has 3 rings (SSSR count). The number of benzene rings is 2. The zero-order chi connectivity index (χ0) is 14.1. The fourth-order valence-electron chi connectivity index (χ4n) is 2.17. The van der Waals surface area contributed by atoms with E-state index >= 15 is 0 Å². The molecule has 1 aromatic heterocycles. The summed E-state index contributed by atoms with van der Waals surface area (Å²) in [6.45, 7) is 2.00. The average molecular weight is 266 g/mol. The van der Waals surface area contributed by atoms with Crippen LogP contribution < -0.4 is 10.3 Å². The lowest BCUT2D eigenvalue weighted by Crippen LogP contribution is -2.21. The molecule has 0 fully saturated rings. The van der Waals surface area contributed by atoms with Crippen molar-refractivity contribution in [2.24, 2.45) is 0 Å². The van der Waals surface area contributed by atoms with Crippen LogP contribution in [0.4, 0.5) is 0 Å². The van der Waals surface area contributed by atoms with Gasteiger partial charge in [0.05, 0.1) is 23.7 Å². The van der Waals surface area contributed by atoms with Crippen molar-refractivity contribution in [1.29, 1.82) is 0 Å². The number of para-hydroxylation sites is 1. The summed E-state index contributed by atoms with van der Waals surface area (Å²) in [7, 11) is 1.52. The Balaban J connectivity index is 2.36. The molecule has 2 aromatic carbocycles. The highest BCUT2D eigenvalue weighted by Gasteiger charge is 2.12. The number of ether oxygens (including phenoxy) is 1. The largest absolute Gasteiger partial charge is 0.468 e. The first-order chi connectivity index (χ1) is 9.70. The molecule has 4 heteroatoms. The lowest BCUT2D eigenvalue weighted by atomic mass is 10.2. The SMILES string of the molecule is COc1nc2ccccc2c(=O)n1-c1ccc(C)cc1. The van der Waals surface area contributed by atoms with Gasteiger partial charge in [-0.1, -0.05) is 29.8 Å². The number of fused-ring (bicyclic) bond motifs is 1. The van der Waals surface area contributed by atoms with Crippen LogP contribution in [0.1, 0.15) is 5.56 Å². The van der Waals surface area contributed by atoms with Crippen molar-refractivity contribution >= 4 is 10.9 Å². The van der Waals surface area contributed by atoms with Gasteiger partial charge in [0.25, 0.3) is 5.56 Å². The van der Waals surface area contributed by atoms with E-state index in [1.165, 1.54) is 11.7 Å². The van der Waals surface area contributed by atoms with Crippen molar-refractivity contribution in [3.8, 4) is 11.7 Å². The molecule has 4 nitrogen and oxygen atoms in total. The van der Waals surface area contributed by atoms with E-state index in [1.54, 1.807) is 12.1 Å². The van der Waals surface area contributed by atoms with Crippen LogP contribution in [0.2, 0.25) is 0 Å². The topological polar surface area (TPSA) is 44.1 Å². The van der Waals surface area contributed by atoms with Gasteiger partial charge in [0.1, 0.15) is 0 Å². The predicted molar refractivity (Wildman–Crippen MR) is 78.6 cm³/mol. The smallest absolute Gasteiger partial charge is 0.304 e. The van der Waals surface area contributed by atoms with Crippen LogP contribution >= 0.6 is 0 Å². The summed E-state index contributed by atoms with van der Waals surface area (Å²) >= 11 is 0. The highest BCUT2D eigenvalue weighted by molar-refractivity contribution is 5.78. The Hall–Kier alpha value is -2.62. The second-order valence-electron chi connectivity index (χ2n) is 4.59. The summed E-state index contributed by atoms with van der Waals surface area (Å²) in [5.41, 5.74) is 2.39. The third-order valence-corrected chi connectivity index (χ3v) is 3.22. The van der Waals surface area contributed by atoms with E-state index in [1.807, 2.05) is 43.3 Å². The number of aromatic nitrogens is 2. The molecule has 20 heavy (non-hydrogen) atoms. The fourth-order valence-corrected chi connectivity index (χ4v) is 2.17. The molecule has 3 aromatic rings. The van der Waals surface area contributed by atoms with Gasteiger partial charge in [-0.25, -0.2) is 4.57 Å². The normalized spacial score (nSPS) is 10.7. The maximum atomic E-state index is 12.6. The molecule has 0 radical (unpaired) electrons. The number of hydrogen-bond donors (Lipinski definition) is 0. The Morgan fingerprint density at radius 1 is 1.05 bits per heavy atom. The summed E-state index contributed by atoms with van der Waals surface area (Å²) < 4.78 is 6.76. The van der Waals surface area contributed by atoms with Crippen LogP contribution in [0.15, 0.2) is 53.3 Å². The van der Waals surface area contributed by atoms with E-state index in [2.05, 4.69) is 4.98 Å². The van der Waals surface area contributed by atoms with Gasteiger partial charge in [-0.05, 0) is 31.2 Å². The van der Waals surface area contributed by atoms with E-state index in [4.69, 9.17) is 4.74 Å². The van der Waals surface area contributed by atoms with Gasteiger partial charge < -0.3 is 4.74 Å². The van der Waals surface area contributed by atoms with Crippen molar-refractivity contribution in [3.63, 3.8) is 0 Å². The van der Waals surface area contributed by atoms with Crippen molar-refractivity contribution < 1.29 is 4.74 Å². The van der Waals surface area contributed by atoms with Crippen molar-refractivity contribution in [3.05, 3.63) is 64.4 Å². The van der Waals surface area contributed by atoms with Gasteiger partial charge in [0.2, 0.25) is 0 Å². The fraction of sp³-hybridized carbons (Fsp3) is 0.125. The highest BCUT2D eigenvalue weighted by atomic mass is 16.5. The minimum absolute atomic E-state index is 0.128. The van der Waals surface area contributed by atoms with Crippen LogP contribution in [0.5, 0.6) is 6.01 Å². The van der Waals surface area contributed by atoms with Crippen molar-refractivity contribution in [1.82, 2.24) is 9.55 Å². The molecular formula is C16H14N2O2. The molecule has 0 saturated carbocycles. The first-order valence-electron chi connectivity index (χ1n) is 6.33. The monoisotopic (exact) mass is 266 g/mol. The molecule has 0 spiro atoms. The number of aryl methyl sites for hydroxylation is 1. The first kappa shape index (κ1) is 12.4. The summed E-state index contributed by atoms with van der Waals surface area (Å²) in [5, 5.41) is 0.578. The average Bonchev–Trinajstić information content (AvgIpc) is 2.48. The Labute approximate surface area is 116 Å². The lowest BCUT2D eigenvalue weighted by molar-refractivity contribution is 0.368. The quantitative estimate of drug-likeness (QED) is 0.716. The molecule has 0 aliphatic carbocycles. The highest BCUT2D eigenvalue weighted by Crippen LogP contribution is 2.17. The Morgan fingerprint density at radius 3 is 2.45 bits per heavy atom. The van der Waals surface area contributed by atoms with Gasteiger partial charge in [-0.15, -0.1) is 0 Å². The van der Waals surface area contributed by atoms with E-state index in [0.29, 0.717) is 10.9 Å². The van der Waals surface area contributed by atoms with Gasteiger partial charge in [-0.3, -0.25) is 4.79 Å². The minimum atomic E-state index is -0.128. The van der Waals surface area contributed by atoms with E-state index in [-0.39, 0.29) is 11.6 Å². The lowest BCUT2D eigenvalue weighted by Gasteiger charge is -2.12. The number of rotatable bonds is 2. The molecule has 0 aliphatic rings. The van der Waals surface area contributed by atoms with Crippen LogP contribution in [0, 0.1) is 6.92 Å². The molecular weight excluding hydrogens is 252 g/mol. The van der Waals surface area contributed by atoms with Crippen LogP contribution in [-0.2, 0) is 0 Å². The molecule has 0 unspecified atom stereocenters. The molecule has 100 valence electrons. The second-order valence-corrected chi connectivity index (χ2v) is 4.59. The number of methoxy groups -OCH3 is 1. The molecule has 0 aliphatic heterocycles. The minimum Gasteiger partial charge on any atom is -0.468 e. The van der Waals surface area contributed by atoms with Crippen molar-refractivity contribution in [2.75, 3.05) is 7.11 Å². The Bertz CT molecular complexity index is 820. The summed E-state index contributed by atoms with van der Waals surface area (Å²) in [4.78, 5) is 17.0. The van der Waals surface area contributed by atoms with Crippen LogP contribution in [-0.4, -0.2) is 16.7 Å². The van der Waals surface area contributed by atoms with Crippen LogP contribution in [0.25, 0.3) is 16.6 Å². The summed E-state index contributed by atoms with van der Waals surface area (Å²) in [5.74, 6) is 0.